The van der Waals surface area contributed by atoms with E-state index >= 15 is 0 Å². The lowest BCUT2D eigenvalue weighted by molar-refractivity contribution is 0.0183. The molecule has 0 aliphatic heterocycles. The molecule has 1 rings (SSSR count). The average Bonchev–Trinajstić information content (AvgIpc) is 2.34. The van der Waals surface area contributed by atoms with Gasteiger partial charge in [-0.2, -0.15) is 0 Å². The Morgan fingerprint density at radius 1 is 1.50 bits per heavy atom. The summed E-state index contributed by atoms with van der Waals surface area (Å²) in [7, 11) is 0. The highest BCUT2D eigenvalue weighted by Crippen LogP contribution is 2.14. The predicted molar refractivity (Wildman–Crippen MR) is 74.1 cm³/mol. The van der Waals surface area contributed by atoms with Gasteiger partial charge in [-0.25, -0.2) is 18.7 Å². The van der Waals surface area contributed by atoms with E-state index < -0.39 is 13.0 Å². The second-order valence-electron chi connectivity index (χ2n) is 3.63. The first-order valence-electron chi connectivity index (χ1n) is 5.74. The number of anilines is 1. The summed E-state index contributed by atoms with van der Waals surface area (Å²) in [6.07, 6.45) is 0.732. The van der Waals surface area contributed by atoms with Crippen molar-refractivity contribution >= 4 is 28.4 Å². The third kappa shape index (κ3) is 5.85. The predicted octanol–water partition coefficient (Wildman–Crippen LogP) is 2.73. The summed E-state index contributed by atoms with van der Waals surface area (Å²) >= 11 is 2.15. The van der Waals surface area contributed by atoms with Crippen LogP contribution in [0.15, 0.2) is 6.20 Å². The molecule has 7 heteroatoms. The van der Waals surface area contributed by atoms with E-state index in [4.69, 9.17) is 4.74 Å². The summed E-state index contributed by atoms with van der Waals surface area (Å²) in [5.74, 6) is 1.39. The molecule has 0 atom stereocenters. The molecule has 0 spiro atoms. The van der Waals surface area contributed by atoms with E-state index in [2.05, 4.69) is 44.8 Å². The summed E-state index contributed by atoms with van der Waals surface area (Å²) in [4.78, 5) is 8.47. The van der Waals surface area contributed by atoms with Crippen LogP contribution in [0.25, 0.3) is 0 Å². The van der Waals surface area contributed by atoms with Gasteiger partial charge in [0.2, 0.25) is 0 Å². The van der Waals surface area contributed by atoms with Gasteiger partial charge in [-0.15, -0.1) is 0 Å². The lowest BCUT2D eigenvalue weighted by Gasteiger charge is -2.08. The Kier molecular flexibility index (Phi) is 7.33. The lowest BCUT2D eigenvalue weighted by atomic mass is 10.4. The topological polar surface area (TPSA) is 47.0 Å². The monoisotopic (exact) mass is 371 g/mol. The second-order valence-corrected chi connectivity index (χ2v) is 4.79. The van der Waals surface area contributed by atoms with Crippen LogP contribution in [-0.2, 0) is 11.2 Å². The van der Waals surface area contributed by atoms with Gasteiger partial charge in [0, 0.05) is 19.2 Å². The van der Waals surface area contributed by atoms with Gasteiger partial charge in [0.25, 0.3) is 6.43 Å². The third-order valence-electron chi connectivity index (χ3n) is 2.05. The fourth-order valence-electron chi connectivity index (χ4n) is 1.23. The first-order chi connectivity index (χ1) is 8.63. The molecule has 0 fully saturated rings. The van der Waals surface area contributed by atoms with Gasteiger partial charge >= 0.3 is 0 Å². The minimum atomic E-state index is -2.43. The molecule has 0 unspecified atom stereocenters. The zero-order valence-corrected chi connectivity index (χ0v) is 12.3. The SMILES string of the molecule is CCCNc1nc(CCOCC(F)F)ncc1I. The molecule has 0 saturated carbocycles. The van der Waals surface area contributed by atoms with Crippen molar-refractivity contribution in [1.82, 2.24) is 9.97 Å². The molecular weight excluding hydrogens is 355 g/mol. The van der Waals surface area contributed by atoms with Gasteiger partial charge in [-0.3, -0.25) is 0 Å². The van der Waals surface area contributed by atoms with Gasteiger partial charge < -0.3 is 10.1 Å². The van der Waals surface area contributed by atoms with Crippen molar-refractivity contribution in [1.29, 1.82) is 0 Å². The Labute approximate surface area is 119 Å². The van der Waals surface area contributed by atoms with Crippen molar-refractivity contribution in [3.05, 3.63) is 15.6 Å². The summed E-state index contributed by atoms with van der Waals surface area (Å²) in [6, 6.07) is 0. The number of nitrogens with one attached hydrogen (secondary N) is 1. The first-order valence-corrected chi connectivity index (χ1v) is 6.82. The number of alkyl halides is 2. The molecule has 18 heavy (non-hydrogen) atoms. The Morgan fingerprint density at radius 2 is 2.28 bits per heavy atom. The maximum absolute atomic E-state index is 11.8. The third-order valence-corrected chi connectivity index (χ3v) is 2.84. The summed E-state index contributed by atoms with van der Waals surface area (Å²) in [5, 5.41) is 3.19. The highest BCUT2D eigenvalue weighted by atomic mass is 127. The smallest absolute Gasteiger partial charge is 0.261 e. The number of hydrogen-bond acceptors (Lipinski definition) is 4. The van der Waals surface area contributed by atoms with E-state index in [0.29, 0.717) is 12.2 Å². The normalized spacial score (nSPS) is 10.9. The summed E-state index contributed by atoms with van der Waals surface area (Å²) in [5.41, 5.74) is 0. The standard InChI is InChI=1S/C11H16F2IN3O/c1-2-4-15-11-8(14)6-16-10(17-11)3-5-18-7-9(12)13/h6,9H,2-5,7H2,1H3,(H,15,16,17). The van der Waals surface area contributed by atoms with Crippen molar-refractivity contribution in [2.45, 2.75) is 26.2 Å². The van der Waals surface area contributed by atoms with Crippen LogP contribution < -0.4 is 5.32 Å². The van der Waals surface area contributed by atoms with Crippen LogP contribution >= 0.6 is 22.6 Å². The quantitative estimate of drug-likeness (QED) is 0.564. The van der Waals surface area contributed by atoms with Gasteiger partial charge in [-0.05, 0) is 29.0 Å². The van der Waals surface area contributed by atoms with Crippen LogP contribution in [0.4, 0.5) is 14.6 Å². The van der Waals surface area contributed by atoms with E-state index in [1.807, 2.05) is 0 Å². The fourth-order valence-corrected chi connectivity index (χ4v) is 1.68. The van der Waals surface area contributed by atoms with Gasteiger partial charge in [0.15, 0.2) is 0 Å². The van der Waals surface area contributed by atoms with Crippen LogP contribution in [0.1, 0.15) is 19.2 Å². The summed E-state index contributed by atoms with van der Waals surface area (Å²) in [6.45, 7) is 2.58. The molecule has 0 amide bonds. The molecule has 1 aromatic rings. The highest BCUT2D eigenvalue weighted by molar-refractivity contribution is 14.1. The molecule has 102 valence electrons. The maximum Gasteiger partial charge on any atom is 0.261 e. The zero-order chi connectivity index (χ0) is 13.4. The summed E-state index contributed by atoms with van der Waals surface area (Å²) < 4.78 is 29.4. The molecule has 0 aliphatic carbocycles. The molecule has 0 bridgehead atoms. The van der Waals surface area contributed by atoms with E-state index in [9.17, 15) is 8.78 Å². The van der Waals surface area contributed by atoms with E-state index in [1.54, 1.807) is 6.20 Å². The largest absolute Gasteiger partial charge is 0.375 e. The fraction of sp³-hybridized carbons (Fsp3) is 0.636. The number of rotatable bonds is 8. The molecule has 4 nitrogen and oxygen atoms in total. The van der Waals surface area contributed by atoms with E-state index in [0.717, 1.165) is 22.4 Å². The van der Waals surface area contributed by atoms with Crippen LogP contribution in [-0.4, -0.2) is 36.2 Å². The Morgan fingerprint density at radius 3 is 2.94 bits per heavy atom. The van der Waals surface area contributed by atoms with Crippen molar-refractivity contribution in [2.24, 2.45) is 0 Å². The number of nitrogens with zero attached hydrogens (tertiary/aromatic N) is 2. The minimum absolute atomic E-state index is 0.206. The van der Waals surface area contributed by atoms with Crippen molar-refractivity contribution in [3.8, 4) is 0 Å². The number of aromatic nitrogens is 2. The minimum Gasteiger partial charge on any atom is -0.375 e. The molecular formula is C11H16F2IN3O. The number of ether oxygens (including phenoxy) is 1. The van der Waals surface area contributed by atoms with Gasteiger partial charge in [-0.1, -0.05) is 6.92 Å². The molecule has 1 aromatic heterocycles. The first kappa shape index (κ1) is 15.5. The van der Waals surface area contributed by atoms with Gasteiger partial charge in [0.05, 0.1) is 10.2 Å². The van der Waals surface area contributed by atoms with Crippen LogP contribution in [0.2, 0.25) is 0 Å². The Balaban J connectivity index is 2.45. The number of halogens is 3. The lowest BCUT2D eigenvalue weighted by Crippen LogP contribution is -2.11. The number of hydrogen-bond donors (Lipinski definition) is 1. The Hall–Kier alpha value is -0.570. The van der Waals surface area contributed by atoms with Crippen molar-refractivity contribution < 1.29 is 13.5 Å². The molecule has 1 N–H and O–H groups in total. The highest BCUT2D eigenvalue weighted by Gasteiger charge is 2.06. The second kappa shape index (κ2) is 8.52. The van der Waals surface area contributed by atoms with Crippen molar-refractivity contribution in [2.75, 3.05) is 25.1 Å². The average molecular weight is 371 g/mol. The van der Waals surface area contributed by atoms with E-state index in [1.165, 1.54) is 0 Å². The van der Waals surface area contributed by atoms with Crippen molar-refractivity contribution in [3.63, 3.8) is 0 Å². The van der Waals surface area contributed by atoms with Crippen LogP contribution in [0.5, 0.6) is 0 Å². The van der Waals surface area contributed by atoms with Crippen LogP contribution in [0.3, 0.4) is 0 Å². The molecule has 1 heterocycles. The molecule has 0 aliphatic rings. The molecule has 0 saturated heterocycles. The van der Waals surface area contributed by atoms with E-state index in [-0.39, 0.29) is 6.61 Å². The Bertz CT molecular complexity index is 366. The molecule has 0 aromatic carbocycles. The van der Waals surface area contributed by atoms with Gasteiger partial charge in [0.1, 0.15) is 18.2 Å². The molecule has 0 radical (unpaired) electrons. The maximum atomic E-state index is 11.8. The zero-order valence-electron chi connectivity index (χ0n) is 10.1. The van der Waals surface area contributed by atoms with Crippen LogP contribution in [0, 0.1) is 3.57 Å².